The molecule has 6 heteroatoms. The molecule has 1 aliphatic rings. The highest BCUT2D eigenvalue weighted by Gasteiger charge is 2.26. The third-order valence-electron chi connectivity index (χ3n) is 5.34. The van der Waals surface area contributed by atoms with Gasteiger partial charge in [0.25, 0.3) is 0 Å². The minimum Gasteiger partial charge on any atom is -0.449 e. The van der Waals surface area contributed by atoms with Crippen LogP contribution in [0.1, 0.15) is 42.9 Å². The monoisotopic (exact) mass is 364 g/mol. The Morgan fingerprint density at radius 3 is 2.81 bits per heavy atom. The lowest BCUT2D eigenvalue weighted by Crippen LogP contribution is -2.27. The number of carbonyl (C=O) groups is 1. The SMILES string of the molecule is O=C(NCc1ccccc1)OCC1CCC(c2ncn3ccncc23)CC1. The van der Waals surface area contributed by atoms with Gasteiger partial charge in [-0.2, -0.15) is 0 Å². The molecule has 0 radical (unpaired) electrons. The highest BCUT2D eigenvalue weighted by atomic mass is 16.5. The summed E-state index contributed by atoms with van der Waals surface area (Å²) >= 11 is 0. The van der Waals surface area contributed by atoms with Crippen LogP contribution >= 0.6 is 0 Å². The Bertz CT molecular complexity index is 885. The third kappa shape index (κ3) is 4.27. The molecule has 1 aromatic carbocycles. The van der Waals surface area contributed by atoms with Gasteiger partial charge in [-0.25, -0.2) is 9.78 Å². The normalized spacial score (nSPS) is 19.7. The van der Waals surface area contributed by atoms with Crippen LogP contribution in [0.3, 0.4) is 0 Å². The van der Waals surface area contributed by atoms with Crippen molar-refractivity contribution in [1.29, 1.82) is 0 Å². The van der Waals surface area contributed by atoms with Crippen LogP contribution in [0, 0.1) is 5.92 Å². The zero-order chi connectivity index (χ0) is 18.5. The van der Waals surface area contributed by atoms with Crippen molar-refractivity contribution in [3.63, 3.8) is 0 Å². The van der Waals surface area contributed by atoms with Crippen LogP contribution < -0.4 is 5.32 Å². The zero-order valence-corrected chi connectivity index (χ0v) is 15.3. The summed E-state index contributed by atoms with van der Waals surface area (Å²) in [6.45, 7) is 0.979. The molecular formula is C21H24N4O2. The highest BCUT2D eigenvalue weighted by Crippen LogP contribution is 2.36. The molecule has 0 aliphatic heterocycles. The van der Waals surface area contributed by atoms with E-state index < -0.39 is 0 Å². The first kappa shape index (κ1) is 17.5. The van der Waals surface area contributed by atoms with Gasteiger partial charge >= 0.3 is 6.09 Å². The molecular weight excluding hydrogens is 340 g/mol. The molecule has 2 heterocycles. The van der Waals surface area contributed by atoms with Crippen molar-refractivity contribution < 1.29 is 9.53 Å². The number of benzene rings is 1. The minimum absolute atomic E-state index is 0.341. The number of ether oxygens (including phenoxy) is 1. The van der Waals surface area contributed by atoms with Crippen molar-refractivity contribution in [1.82, 2.24) is 19.7 Å². The molecule has 27 heavy (non-hydrogen) atoms. The number of alkyl carbamates (subject to hydrolysis) is 1. The summed E-state index contributed by atoms with van der Waals surface area (Å²) in [6, 6.07) is 9.84. The summed E-state index contributed by atoms with van der Waals surface area (Å²) in [5.74, 6) is 0.887. The molecule has 140 valence electrons. The maximum Gasteiger partial charge on any atom is 0.407 e. The van der Waals surface area contributed by atoms with E-state index in [-0.39, 0.29) is 6.09 Å². The smallest absolute Gasteiger partial charge is 0.407 e. The van der Waals surface area contributed by atoms with Crippen LogP contribution in [-0.4, -0.2) is 27.1 Å². The topological polar surface area (TPSA) is 68.5 Å². The lowest BCUT2D eigenvalue weighted by atomic mass is 9.80. The van der Waals surface area contributed by atoms with Gasteiger partial charge in [0.1, 0.15) is 0 Å². The van der Waals surface area contributed by atoms with Crippen molar-refractivity contribution >= 4 is 11.6 Å². The van der Waals surface area contributed by atoms with Crippen LogP contribution in [-0.2, 0) is 11.3 Å². The van der Waals surface area contributed by atoms with Gasteiger partial charge in [-0.1, -0.05) is 30.3 Å². The van der Waals surface area contributed by atoms with Crippen LogP contribution in [0.25, 0.3) is 5.52 Å². The van der Waals surface area contributed by atoms with Gasteiger partial charge in [0.05, 0.1) is 30.3 Å². The molecule has 3 aromatic rings. The predicted molar refractivity (Wildman–Crippen MR) is 102 cm³/mol. The standard InChI is InChI=1S/C21H24N4O2/c26-21(23-12-16-4-2-1-3-5-16)27-14-17-6-8-18(9-7-17)20-19-13-22-10-11-25(19)15-24-20/h1-5,10-11,13,15,17-18H,6-9,12,14H2,(H,23,26). The van der Waals surface area contributed by atoms with E-state index in [1.165, 1.54) is 0 Å². The molecule has 1 saturated carbocycles. The summed E-state index contributed by atoms with van der Waals surface area (Å²) in [4.78, 5) is 20.7. The number of amides is 1. The molecule has 2 aromatic heterocycles. The van der Waals surface area contributed by atoms with Gasteiger partial charge in [-0.15, -0.1) is 0 Å². The molecule has 0 spiro atoms. The Morgan fingerprint density at radius 2 is 2.00 bits per heavy atom. The van der Waals surface area contributed by atoms with E-state index >= 15 is 0 Å². The van der Waals surface area contributed by atoms with Crippen molar-refractivity contribution in [2.75, 3.05) is 6.61 Å². The van der Waals surface area contributed by atoms with E-state index in [1.54, 1.807) is 6.20 Å². The van der Waals surface area contributed by atoms with E-state index in [1.807, 2.05) is 53.5 Å². The first-order chi connectivity index (χ1) is 13.3. The lowest BCUT2D eigenvalue weighted by molar-refractivity contribution is 0.113. The average Bonchev–Trinajstić information content (AvgIpc) is 3.16. The molecule has 6 nitrogen and oxygen atoms in total. The quantitative estimate of drug-likeness (QED) is 0.745. The number of nitrogens with zero attached hydrogens (tertiary/aromatic N) is 3. The fourth-order valence-electron chi connectivity index (χ4n) is 3.79. The largest absolute Gasteiger partial charge is 0.449 e. The maximum absolute atomic E-state index is 11.9. The molecule has 1 amide bonds. The Labute approximate surface area is 158 Å². The zero-order valence-electron chi connectivity index (χ0n) is 15.3. The van der Waals surface area contributed by atoms with Gasteiger partial charge in [0.2, 0.25) is 0 Å². The summed E-state index contributed by atoms with van der Waals surface area (Å²) in [6.07, 6.45) is 11.4. The van der Waals surface area contributed by atoms with Gasteiger partial charge < -0.3 is 14.5 Å². The molecule has 1 fully saturated rings. The van der Waals surface area contributed by atoms with Gasteiger partial charge in [0.15, 0.2) is 0 Å². The molecule has 0 bridgehead atoms. The second-order valence-corrected chi connectivity index (χ2v) is 7.15. The van der Waals surface area contributed by atoms with Crippen LogP contribution in [0.4, 0.5) is 4.79 Å². The number of rotatable bonds is 5. The maximum atomic E-state index is 11.9. The minimum atomic E-state index is -0.341. The van der Waals surface area contributed by atoms with Crippen molar-refractivity contribution in [2.24, 2.45) is 5.92 Å². The summed E-state index contributed by atoms with van der Waals surface area (Å²) in [7, 11) is 0. The van der Waals surface area contributed by atoms with Gasteiger partial charge in [-0.3, -0.25) is 4.98 Å². The van der Waals surface area contributed by atoms with Crippen LogP contribution in [0.15, 0.2) is 55.2 Å². The Morgan fingerprint density at radius 1 is 1.19 bits per heavy atom. The molecule has 1 N–H and O–H groups in total. The van der Waals surface area contributed by atoms with Crippen LogP contribution in [0.5, 0.6) is 0 Å². The molecule has 1 aliphatic carbocycles. The second kappa shape index (κ2) is 8.20. The van der Waals surface area contributed by atoms with E-state index in [9.17, 15) is 4.79 Å². The predicted octanol–water partition coefficient (Wildman–Crippen LogP) is 3.93. The number of nitrogens with one attached hydrogen (secondary N) is 1. The summed E-state index contributed by atoms with van der Waals surface area (Å²) < 4.78 is 7.44. The van der Waals surface area contributed by atoms with Crippen molar-refractivity contribution in [2.45, 2.75) is 38.1 Å². The molecule has 0 atom stereocenters. The number of imidazole rings is 1. The highest BCUT2D eigenvalue weighted by molar-refractivity contribution is 5.67. The van der Waals surface area contributed by atoms with Gasteiger partial charge in [0, 0.05) is 24.9 Å². The number of carbonyl (C=O) groups excluding carboxylic acids is 1. The number of fused-ring (bicyclic) bond motifs is 1. The van der Waals surface area contributed by atoms with Crippen LogP contribution in [0.2, 0.25) is 0 Å². The Kier molecular flexibility index (Phi) is 5.32. The van der Waals surface area contributed by atoms with Crippen molar-refractivity contribution in [3.8, 4) is 0 Å². The van der Waals surface area contributed by atoms with E-state index in [0.717, 1.165) is 42.5 Å². The Balaban J connectivity index is 1.22. The third-order valence-corrected chi connectivity index (χ3v) is 5.34. The van der Waals surface area contributed by atoms with E-state index in [4.69, 9.17) is 4.74 Å². The summed E-state index contributed by atoms with van der Waals surface area (Å²) in [5, 5.41) is 2.81. The number of hydrogen-bond donors (Lipinski definition) is 1. The first-order valence-electron chi connectivity index (χ1n) is 9.50. The second-order valence-electron chi connectivity index (χ2n) is 7.15. The molecule has 4 rings (SSSR count). The number of hydrogen-bond acceptors (Lipinski definition) is 4. The van der Waals surface area contributed by atoms with E-state index in [2.05, 4.69) is 15.3 Å². The lowest BCUT2D eigenvalue weighted by Gasteiger charge is -2.27. The fraction of sp³-hybridized carbons (Fsp3) is 0.381. The van der Waals surface area contributed by atoms with E-state index in [0.29, 0.717) is 25.0 Å². The fourth-order valence-corrected chi connectivity index (χ4v) is 3.79. The Hall–Kier alpha value is -2.89. The molecule has 0 saturated heterocycles. The molecule has 0 unspecified atom stereocenters. The van der Waals surface area contributed by atoms with Crippen molar-refractivity contribution in [3.05, 3.63) is 66.5 Å². The average molecular weight is 364 g/mol. The number of aromatic nitrogens is 3. The van der Waals surface area contributed by atoms with Gasteiger partial charge in [-0.05, 0) is 37.2 Å². The summed E-state index contributed by atoms with van der Waals surface area (Å²) in [5.41, 5.74) is 3.30. The first-order valence-corrected chi connectivity index (χ1v) is 9.50.